The van der Waals surface area contributed by atoms with Gasteiger partial charge in [-0.1, -0.05) is 184 Å². The zero-order valence-corrected chi connectivity index (χ0v) is 35.1. The third kappa shape index (κ3) is 4.18. The molecule has 0 aromatic heterocycles. The van der Waals surface area contributed by atoms with Crippen molar-refractivity contribution in [2.24, 2.45) is 0 Å². The number of benzene rings is 11. The Morgan fingerprint density at radius 1 is 0.262 bits per heavy atom. The lowest BCUT2D eigenvalue weighted by Crippen LogP contribution is -2.53. The second-order valence-electron chi connectivity index (χ2n) is 17.5. The summed E-state index contributed by atoms with van der Waals surface area (Å²) in [5.41, 5.74) is 27.2. The first-order valence-corrected chi connectivity index (χ1v) is 22.5. The van der Waals surface area contributed by atoms with Gasteiger partial charge in [0.05, 0.1) is 0 Å². The normalized spacial score (nSPS) is 13.3. The maximum absolute atomic E-state index is 2.68. The highest BCUT2D eigenvalue weighted by Crippen LogP contribution is 2.50. The third-order valence-corrected chi connectivity index (χ3v) is 15.6. The minimum absolute atomic E-state index is 0.152. The van der Waals surface area contributed by atoms with Crippen LogP contribution < -0.4 is 32.8 Å². The first-order valence-electron chi connectivity index (χ1n) is 21.4. The largest absolute Gasteiger partial charge is 0.244 e. The molecule has 0 bridgehead atoms. The van der Waals surface area contributed by atoms with E-state index < -0.39 is 0 Å². The van der Waals surface area contributed by atoms with E-state index in [-0.39, 0.29) is 13.4 Å². The molecule has 4 aliphatic rings. The van der Waals surface area contributed by atoms with E-state index in [1.807, 2.05) is 0 Å². The Bertz CT molecular complexity index is 3750. The van der Waals surface area contributed by atoms with Crippen molar-refractivity contribution >= 4 is 101 Å². The highest BCUT2D eigenvalue weighted by Gasteiger charge is 2.44. The van der Waals surface area contributed by atoms with Gasteiger partial charge in [0, 0.05) is 3.57 Å². The van der Waals surface area contributed by atoms with E-state index in [1.165, 1.54) is 147 Å². The Morgan fingerprint density at radius 2 is 0.672 bits per heavy atom. The van der Waals surface area contributed by atoms with Gasteiger partial charge in [-0.05, 0) is 169 Å². The van der Waals surface area contributed by atoms with E-state index in [2.05, 4.69) is 211 Å². The average molecular weight is 876 g/mol. The molecular formula is C58H31B2I. The molecular weight excluding hydrogens is 845 g/mol. The fourth-order valence-corrected chi connectivity index (χ4v) is 13.1. The molecule has 0 unspecified atom stereocenters. The highest BCUT2D eigenvalue weighted by atomic mass is 127. The summed E-state index contributed by atoms with van der Waals surface area (Å²) in [7, 11) is 0. The Labute approximate surface area is 368 Å². The zero-order valence-electron chi connectivity index (χ0n) is 32.9. The van der Waals surface area contributed by atoms with Gasteiger partial charge < -0.3 is 0 Å². The molecule has 3 heteroatoms. The molecule has 0 atom stereocenters. The number of hydrogen-bond acceptors (Lipinski definition) is 0. The summed E-state index contributed by atoms with van der Waals surface area (Å²) >= 11 is 2.68. The number of hydrogen-bond donors (Lipinski definition) is 0. The van der Waals surface area contributed by atoms with Gasteiger partial charge in [-0.2, -0.15) is 0 Å². The summed E-state index contributed by atoms with van der Waals surface area (Å²) in [6.45, 7) is 0.313. The lowest BCUT2D eigenvalue weighted by atomic mass is 9.34. The van der Waals surface area contributed by atoms with E-state index in [9.17, 15) is 0 Å². The van der Waals surface area contributed by atoms with E-state index in [1.54, 1.807) is 0 Å². The van der Waals surface area contributed by atoms with Gasteiger partial charge >= 0.3 is 0 Å². The molecule has 4 aliphatic heterocycles. The van der Waals surface area contributed by atoms with E-state index in [0.29, 0.717) is 0 Å². The van der Waals surface area contributed by atoms with Gasteiger partial charge in [0.25, 0.3) is 0 Å². The van der Waals surface area contributed by atoms with Crippen molar-refractivity contribution in [3.63, 3.8) is 0 Å². The lowest BCUT2D eigenvalue weighted by Gasteiger charge is -2.32. The van der Waals surface area contributed by atoms with Crippen molar-refractivity contribution < 1.29 is 0 Å². The van der Waals surface area contributed by atoms with Crippen LogP contribution in [0.2, 0.25) is 0 Å². The van der Waals surface area contributed by atoms with Crippen molar-refractivity contribution in [1.82, 2.24) is 0 Å². The molecule has 0 N–H and O–H groups in total. The molecule has 61 heavy (non-hydrogen) atoms. The smallest absolute Gasteiger partial charge is 0.0664 e. The SMILES string of the molecule is Ic1cc2c3c(cc4c(-c5ccccc5)cc5c6c(cc1c3c46)B1c3ccccc3-c3cc(-c4ccccc4)cc-5c31)B1c3ccccc3-c3cc(-c4ccccc4)cc-2c31. The minimum Gasteiger partial charge on any atom is -0.0664 e. The van der Waals surface area contributed by atoms with Gasteiger partial charge in [0.15, 0.2) is 0 Å². The number of halogens is 1. The average Bonchev–Trinajstić information content (AvgIpc) is 3.84. The predicted octanol–water partition coefficient (Wildman–Crippen LogP) is 11.1. The van der Waals surface area contributed by atoms with Gasteiger partial charge in [-0.3, -0.25) is 0 Å². The summed E-state index contributed by atoms with van der Waals surface area (Å²) in [5.74, 6) is 0. The third-order valence-electron chi connectivity index (χ3n) is 14.7. The first-order chi connectivity index (χ1) is 30.2. The Kier molecular flexibility index (Phi) is 6.39. The maximum atomic E-state index is 2.68. The van der Waals surface area contributed by atoms with Crippen LogP contribution >= 0.6 is 22.6 Å². The zero-order chi connectivity index (χ0) is 39.7. The van der Waals surface area contributed by atoms with Crippen LogP contribution in [0.4, 0.5) is 0 Å². The van der Waals surface area contributed by atoms with E-state index in [0.717, 1.165) is 0 Å². The van der Waals surface area contributed by atoms with Gasteiger partial charge in [0.2, 0.25) is 13.4 Å². The fourth-order valence-electron chi connectivity index (χ4n) is 12.3. The topological polar surface area (TPSA) is 0 Å². The Hall–Kier alpha value is -6.68. The molecule has 276 valence electrons. The fraction of sp³-hybridized carbons (Fsp3) is 0. The van der Waals surface area contributed by atoms with Crippen LogP contribution in [0.15, 0.2) is 188 Å². The minimum atomic E-state index is 0.152. The molecule has 0 spiro atoms. The monoisotopic (exact) mass is 876 g/mol. The Balaban J connectivity index is 1.15. The molecule has 11 aromatic rings. The molecule has 0 fully saturated rings. The van der Waals surface area contributed by atoms with Gasteiger partial charge in [0.1, 0.15) is 0 Å². The van der Waals surface area contributed by atoms with Crippen LogP contribution in [-0.4, -0.2) is 13.4 Å². The summed E-state index contributed by atoms with van der Waals surface area (Å²) in [6.07, 6.45) is 0. The van der Waals surface area contributed by atoms with Gasteiger partial charge in [-0.15, -0.1) is 0 Å². The van der Waals surface area contributed by atoms with Crippen LogP contribution in [-0.2, 0) is 0 Å². The number of fused-ring (bicyclic) bond motifs is 10. The van der Waals surface area contributed by atoms with Crippen LogP contribution in [0.25, 0.3) is 110 Å². The van der Waals surface area contributed by atoms with Crippen LogP contribution in [0.3, 0.4) is 0 Å². The Morgan fingerprint density at radius 3 is 1.20 bits per heavy atom. The second-order valence-corrected chi connectivity index (χ2v) is 18.7. The number of rotatable bonds is 3. The summed E-state index contributed by atoms with van der Waals surface area (Å²) in [4.78, 5) is 0. The van der Waals surface area contributed by atoms with Crippen molar-refractivity contribution in [3.8, 4) is 77.9 Å². The molecule has 0 saturated heterocycles. The molecule has 0 nitrogen and oxygen atoms in total. The van der Waals surface area contributed by atoms with Crippen LogP contribution in [0.5, 0.6) is 0 Å². The van der Waals surface area contributed by atoms with Gasteiger partial charge in [-0.25, -0.2) is 0 Å². The molecule has 0 radical (unpaired) electrons. The summed E-state index contributed by atoms with van der Waals surface area (Å²) in [5, 5.41) is 8.41. The molecule has 0 aliphatic carbocycles. The van der Waals surface area contributed by atoms with Crippen molar-refractivity contribution in [2.45, 2.75) is 0 Å². The van der Waals surface area contributed by atoms with Crippen molar-refractivity contribution in [1.29, 1.82) is 0 Å². The van der Waals surface area contributed by atoms with Crippen LogP contribution in [0, 0.1) is 3.57 Å². The molecule has 15 rings (SSSR count). The van der Waals surface area contributed by atoms with Crippen molar-refractivity contribution in [2.75, 3.05) is 0 Å². The maximum Gasteiger partial charge on any atom is 0.244 e. The molecule has 4 heterocycles. The lowest BCUT2D eigenvalue weighted by molar-refractivity contribution is 1.61. The summed E-state index contributed by atoms with van der Waals surface area (Å²) < 4.78 is 1.31. The molecule has 0 saturated carbocycles. The highest BCUT2D eigenvalue weighted by molar-refractivity contribution is 14.1. The van der Waals surface area contributed by atoms with Crippen LogP contribution in [0.1, 0.15) is 0 Å². The van der Waals surface area contributed by atoms with E-state index in [4.69, 9.17) is 0 Å². The quantitative estimate of drug-likeness (QED) is 0.0942. The van der Waals surface area contributed by atoms with E-state index >= 15 is 0 Å². The molecule has 0 amide bonds. The first kappa shape index (κ1) is 33.1. The molecule has 11 aromatic carbocycles. The van der Waals surface area contributed by atoms with Crippen molar-refractivity contribution in [3.05, 3.63) is 192 Å². The predicted molar refractivity (Wildman–Crippen MR) is 270 cm³/mol. The second kappa shape index (κ2) is 11.8. The summed E-state index contributed by atoms with van der Waals surface area (Å²) in [6, 6.07) is 71.9. The standard InChI is InChI=1S/C58H31B2I/c61-52-31-42-46-27-36(33-16-6-2-7-17-33)25-44-38-21-10-12-22-48(38)59(58(44)46)50-29-41-39(34-18-8-3-9-19-34)28-40-45-26-35(32-14-4-1-5-15-32)24-43-37-20-11-13-23-49(37)60(57(43)45)51-30-47(52)56(54(42)50)55(41)53(40)51/h1-31H.